The van der Waals surface area contributed by atoms with Crippen LogP contribution in [-0.2, 0) is 4.79 Å². The highest BCUT2D eigenvalue weighted by molar-refractivity contribution is 6.07. The molecule has 4 nitrogen and oxygen atoms in total. The quantitative estimate of drug-likeness (QED) is 0.477. The Balaban J connectivity index is 1.85. The molecule has 0 atom stereocenters. The minimum atomic E-state index is -0.991. The van der Waals surface area contributed by atoms with Crippen molar-refractivity contribution >= 4 is 22.7 Å². The third kappa shape index (κ3) is 3.41. The number of aromatic carboxylic acids is 1. The van der Waals surface area contributed by atoms with E-state index in [2.05, 4.69) is 0 Å². The molecule has 4 rings (SSSR count). The topological polar surface area (TPSA) is 63.6 Å². The van der Waals surface area contributed by atoms with Crippen LogP contribution in [0.1, 0.15) is 36.0 Å². The number of allylic oxidation sites excluding steroid dienone is 1. The van der Waals surface area contributed by atoms with Crippen molar-refractivity contribution in [1.29, 1.82) is 0 Å². The van der Waals surface area contributed by atoms with Crippen LogP contribution in [-0.4, -0.2) is 17.0 Å². The summed E-state index contributed by atoms with van der Waals surface area (Å²) in [5.74, 6) is -0.868. The second kappa shape index (κ2) is 7.69. The smallest absolute Gasteiger partial charge is 0.339 e. The van der Waals surface area contributed by atoms with Gasteiger partial charge in [-0.05, 0) is 54.3 Å². The number of rotatable bonds is 4. The van der Waals surface area contributed by atoms with Crippen LogP contribution in [0.3, 0.4) is 0 Å². The maximum atomic E-state index is 12.6. The van der Waals surface area contributed by atoms with Crippen molar-refractivity contribution in [1.82, 2.24) is 0 Å². The fraction of sp³-hybridized carbons (Fsp3) is 0.167. The van der Waals surface area contributed by atoms with Crippen molar-refractivity contribution in [3.8, 4) is 16.9 Å². The fourth-order valence-electron chi connectivity index (χ4n) is 3.71. The van der Waals surface area contributed by atoms with E-state index in [9.17, 15) is 14.7 Å². The molecule has 1 aliphatic carbocycles. The van der Waals surface area contributed by atoms with Crippen LogP contribution in [0.2, 0.25) is 0 Å². The number of esters is 1. The summed E-state index contributed by atoms with van der Waals surface area (Å²) in [7, 11) is 0. The van der Waals surface area contributed by atoms with Crippen LogP contribution in [0.5, 0.6) is 5.75 Å². The molecule has 0 saturated carbocycles. The molecule has 1 N–H and O–H groups in total. The first-order valence-corrected chi connectivity index (χ1v) is 9.41. The average Bonchev–Trinajstić information content (AvgIpc) is 2.74. The molecule has 3 aromatic carbocycles. The first kappa shape index (κ1) is 18.0. The highest BCUT2D eigenvalue weighted by atomic mass is 16.5. The molecule has 0 aliphatic heterocycles. The maximum absolute atomic E-state index is 12.6. The third-order valence-corrected chi connectivity index (χ3v) is 5.07. The molecule has 0 bridgehead atoms. The van der Waals surface area contributed by atoms with Crippen LogP contribution in [0, 0.1) is 0 Å². The molecule has 3 aromatic rings. The van der Waals surface area contributed by atoms with E-state index >= 15 is 0 Å². The van der Waals surface area contributed by atoms with Gasteiger partial charge in [0.1, 0.15) is 5.75 Å². The minimum absolute atomic E-state index is 0.214. The molecule has 0 heterocycles. The molecule has 0 saturated heterocycles. The van der Waals surface area contributed by atoms with Crippen molar-refractivity contribution in [2.45, 2.75) is 25.7 Å². The van der Waals surface area contributed by atoms with Gasteiger partial charge in [0, 0.05) is 11.0 Å². The van der Waals surface area contributed by atoms with E-state index in [4.69, 9.17) is 4.74 Å². The molecular formula is C24H20O4. The van der Waals surface area contributed by atoms with Crippen molar-refractivity contribution in [2.75, 3.05) is 0 Å². The van der Waals surface area contributed by atoms with Crippen LogP contribution < -0.4 is 4.74 Å². The van der Waals surface area contributed by atoms with Gasteiger partial charge in [-0.25, -0.2) is 9.59 Å². The van der Waals surface area contributed by atoms with Gasteiger partial charge in [0.2, 0.25) is 0 Å². The van der Waals surface area contributed by atoms with Crippen LogP contribution >= 0.6 is 0 Å². The molecule has 0 spiro atoms. The van der Waals surface area contributed by atoms with Crippen molar-refractivity contribution < 1.29 is 19.4 Å². The van der Waals surface area contributed by atoms with Gasteiger partial charge in [-0.1, -0.05) is 54.6 Å². The molecule has 0 fully saturated rings. The van der Waals surface area contributed by atoms with E-state index in [-0.39, 0.29) is 11.5 Å². The molecule has 28 heavy (non-hydrogen) atoms. The molecule has 0 amide bonds. The Morgan fingerprint density at radius 1 is 0.857 bits per heavy atom. The zero-order valence-electron chi connectivity index (χ0n) is 15.4. The van der Waals surface area contributed by atoms with Crippen molar-refractivity contribution in [3.05, 3.63) is 77.9 Å². The minimum Gasteiger partial charge on any atom is -0.478 e. The number of carboxylic acids is 1. The Bertz CT molecular complexity index is 1090. The summed E-state index contributed by atoms with van der Waals surface area (Å²) in [6.45, 7) is 0. The molecular weight excluding hydrogens is 352 g/mol. The Morgan fingerprint density at radius 3 is 2.36 bits per heavy atom. The number of ether oxygens (including phenoxy) is 1. The summed E-state index contributed by atoms with van der Waals surface area (Å²) in [5.41, 5.74) is 2.26. The van der Waals surface area contributed by atoms with Gasteiger partial charge in [-0.3, -0.25) is 0 Å². The number of carboxylic acid groups (broad SMARTS) is 1. The van der Waals surface area contributed by atoms with Crippen LogP contribution in [0.25, 0.3) is 21.9 Å². The van der Waals surface area contributed by atoms with Crippen LogP contribution in [0.4, 0.5) is 0 Å². The largest absolute Gasteiger partial charge is 0.478 e. The van der Waals surface area contributed by atoms with E-state index in [0.717, 1.165) is 42.0 Å². The summed E-state index contributed by atoms with van der Waals surface area (Å²) in [4.78, 5) is 24.4. The summed E-state index contributed by atoms with van der Waals surface area (Å²) >= 11 is 0. The van der Waals surface area contributed by atoms with Gasteiger partial charge in [-0.15, -0.1) is 0 Å². The van der Waals surface area contributed by atoms with E-state index in [0.29, 0.717) is 16.9 Å². The SMILES string of the molecule is O=C(Oc1cccc2cccc(-c3ccccc3C(=O)O)c12)C1=CCCCC1. The normalized spacial score (nSPS) is 13.8. The summed E-state index contributed by atoms with van der Waals surface area (Å²) < 4.78 is 5.77. The third-order valence-electron chi connectivity index (χ3n) is 5.07. The highest BCUT2D eigenvalue weighted by Gasteiger charge is 2.19. The first-order valence-electron chi connectivity index (χ1n) is 9.41. The van der Waals surface area contributed by atoms with Gasteiger partial charge in [-0.2, -0.15) is 0 Å². The average molecular weight is 372 g/mol. The molecule has 1 aliphatic rings. The number of hydrogen-bond donors (Lipinski definition) is 1. The maximum Gasteiger partial charge on any atom is 0.339 e. The standard InChI is InChI=1S/C24H20O4/c25-23(26)20-13-5-4-12-18(20)19-14-6-10-16-11-7-15-21(22(16)19)28-24(27)17-8-2-1-3-9-17/h4-8,10-15H,1-3,9H2,(H,25,26). The van der Waals surface area contributed by atoms with Gasteiger partial charge < -0.3 is 9.84 Å². The van der Waals surface area contributed by atoms with Crippen molar-refractivity contribution in [2.24, 2.45) is 0 Å². The number of hydrogen-bond acceptors (Lipinski definition) is 3. The lowest BCUT2D eigenvalue weighted by Gasteiger charge is -2.15. The monoisotopic (exact) mass is 372 g/mol. The van der Waals surface area contributed by atoms with Crippen molar-refractivity contribution in [3.63, 3.8) is 0 Å². The molecule has 0 unspecified atom stereocenters. The number of fused-ring (bicyclic) bond motifs is 1. The number of benzene rings is 3. The fourth-order valence-corrected chi connectivity index (χ4v) is 3.71. The van der Waals surface area contributed by atoms with Gasteiger partial charge >= 0.3 is 11.9 Å². The zero-order valence-corrected chi connectivity index (χ0v) is 15.4. The molecule has 4 heteroatoms. The lowest BCUT2D eigenvalue weighted by molar-refractivity contribution is -0.130. The van der Waals surface area contributed by atoms with E-state index in [1.807, 2.05) is 42.5 Å². The second-order valence-corrected chi connectivity index (χ2v) is 6.88. The zero-order chi connectivity index (χ0) is 19.5. The van der Waals surface area contributed by atoms with Gasteiger partial charge in [0.05, 0.1) is 5.56 Å². The first-order chi connectivity index (χ1) is 13.6. The predicted octanol–water partition coefficient (Wildman–Crippen LogP) is 5.61. The van der Waals surface area contributed by atoms with E-state index in [1.54, 1.807) is 24.3 Å². The van der Waals surface area contributed by atoms with Gasteiger partial charge in [0.15, 0.2) is 0 Å². The molecule has 0 radical (unpaired) electrons. The Kier molecular flexibility index (Phi) is 4.94. The van der Waals surface area contributed by atoms with Crippen LogP contribution in [0.15, 0.2) is 72.3 Å². The van der Waals surface area contributed by atoms with E-state index in [1.165, 1.54) is 0 Å². The Hall–Kier alpha value is -3.40. The second-order valence-electron chi connectivity index (χ2n) is 6.88. The predicted molar refractivity (Wildman–Crippen MR) is 109 cm³/mol. The molecule has 140 valence electrons. The van der Waals surface area contributed by atoms with E-state index < -0.39 is 5.97 Å². The van der Waals surface area contributed by atoms with Gasteiger partial charge in [0.25, 0.3) is 0 Å². The Labute approximate surface area is 163 Å². The highest BCUT2D eigenvalue weighted by Crippen LogP contribution is 2.37. The lowest BCUT2D eigenvalue weighted by atomic mass is 9.94. The lowest BCUT2D eigenvalue weighted by Crippen LogP contribution is -2.13. The summed E-state index contributed by atoms with van der Waals surface area (Å²) in [5, 5.41) is 11.2. The number of carbonyl (C=O) groups excluding carboxylic acids is 1. The summed E-state index contributed by atoms with van der Waals surface area (Å²) in [6, 6.07) is 18.1. The number of carbonyl (C=O) groups is 2. The summed E-state index contributed by atoms with van der Waals surface area (Å²) in [6.07, 6.45) is 5.68. The molecule has 0 aromatic heterocycles. The Morgan fingerprint density at radius 2 is 1.61 bits per heavy atom.